The van der Waals surface area contributed by atoms with Crippen molar-refractivity contribution in [3.05, 3.63) is 0 Å². The molecule has 54 valence electrons. The van der Waals surface area contributed by atoms with E-state index in [9.17, 15) is 4.39 Å². The van der Waals surface area contributed by atoms with Crippen LogP contribution in [0.2, 0.25) is 0 Å². The Hall–Kier alpha value is -0.150. The molecule has 0 spiro atoms. The highest BCUT2D eigenvalue weighted by atomic mass is 19.1. The molecule has 0 aromatic heterocycles. The molecule has 2 unspecified atom stereocenters. The summed E-state index contributed by atoms with van der Waals surface area (Å²) in [7, 11) is 0. The van der Waals surface area contributed by atoms with E-state index in [1.54, 1.807) is 0 Å². The van der Waals surface area contributed by atoms with Crippen LogP contribution < -0.4 is 11.1 Å². The third-order valence-electron chi connectivity index (χ3n) is 1.74. The Labute approximate surface area is 54.6 Å². The van der Waals surface area contributed by atoms with Gasteiger partial charge >= 0.3 is 0 Å². The van der Waals surface area contributed by atoms with Crippen molar-refractivity contribution in [1.82, 2.24) is 5.32 Å². The summed E-state index contributed by atoms with van der Waals surface area (Å²) in [4.78, 5) is 0. The van der Waals surface area contributed by atoms with E-state index in [-0.39, 0.29) is 6.04 Å². The maximum atomic E-state index is 12.7. The van der Waals surface area contributed by atoms with Crippen LogP contribution in [0, 0.1) is 0 Å². The van der Waals surface area contributed by atoms with E-state index in [2.05, 4.69) is 5.32 Å². The average molecular weight is 132 g/mol. The van der Waals surface area contributed by atoms with E-state index in [0.29, 0.717) is 13.0 Å². The summed E-state index contributed by atoms with van der Waals surface area (Å²) < 4.78 is 12.7. The van der Waals surface area contributed by atoms with E-state index in [1.807, 2.05) is 0 Å². The summed E-state index contributed by atoms with van der Waals surface area (Å²) in [6.45, 7) is 1.39. The van der Waals surface area contributed by atoms with Crippen LogP contribution in [-0.4, -0.2) is 25.3 Å². The molecule has 0 saturated carbocycles. The predicted octanol–water partition coefficient (Wildman–Crippen LogP) is 0.0352. The summed E-state index contributed by atoms with van der Waals surface area (Å²) in [6, 6.07) is 0.0370. The van der Waals surface area contributed by atoms with Crippen LogP contribution in [0.1, 0.15) is 12.8 Å². The molecule has 0 aromatic rings. The van der Waals surface area contributed by atoms with Crippen LogP contribution in [0.15, 0.2) is 0 Å². The lowest BCUT2D eigenvalue weighted by Gasteiger charge is -2.09. The van der Waals surface area contributed by atoms with E-state index in [0.717, 1.165) is 13.0 Å². The van der Waals surface area contributed by atoms with Gasteiger partial charge in [0.1, 0.15) is 6.17 Å². The summed E-state index contributed by atoms with van der Waals surface area (Å²) in [5.41, 5.74) is 5.26. The molecule has 1 aliphatic rings. The van der Waals surface area contributed by atoms with Gasteiger partial charge in [-0.05, 0) is 25.9 Å². The Kier molecular flexibility index (Phi) is 2.42. The molecule has 0 bridgehead atoms. The van der Waals surface area contributed by atoms with Crippen LogP contribution in [0.4, 0.5) is 4.39 Å². The van der Waals surface area contributed by atoms with Gasteiger partial charge in [-0.25, -0.2) is 4.39 Å². The largest absolute Gasteiger partial charge is 0.330 e. The van der Waals surface area contributed by atoms with Gasteiger partial charge in [0.25, 0.3) is 0 Å². The minimum Gasteiger partial charge on any atom is -0.330 e. The van der Waals surface area contributed by atoms with Gasteiger partial charge in [-0.2, -0.15) is 0 Å². The van der Waals surface area contributed by atoms with Crippen molar-refractivity contribution in [2.24, 2.45) is 5.73 Å². The molecule has 0 radical (unpaired) electrons. The Bertz CT molecular complexity index is 87.1. The zero-order valence-electron chi connectivity index (χ0n) is 5.44. The van der Waals surface area contributed by atoms with Crippen LogP contribution in [-0.2, 0) is 0 Å². The standard InChI is InChI=1S/C6H13FN2/c7-5-2-4-9-6(5)1-3-8/h5-6,9H,1-4,8H2. The lowest BCUT2D eigenvalue weighted by molar-refractivity contribution is 0.293. The number of hydrogen-bond donors (Lipinski definition) is 2. The lowest BCUT2D eigenvalue weighted by atomic mass is 10.1. The van der Waals surface area contributed by atoms with Crippen LogP contribution in [0.5, 0.6) is 0 Å². The van der Waals surface area contributed by atoms with Gasteiger partial charge in [0, 0.05) is 6.04 Å². The summed E-state index contributed by atoms with van der Waals surface area (Å²) in [6.07, 6.45) is 0.764. The minimum absolute atomic E-state index is 0.0370. The maximum absolute atomic E-state index is 12.7. The molecular weight excluding hydrogens is 119 g/mol. The Morgan fingerprint density at radius 2 is 2.44 bits per heavy atom. The number of rotatable bonds is 2. The first-order valence-corrected chi connectivity index (χ1v) is 3.42. The molecule has 1 fully saturated rings. The average Bonchev–Trinajstić information content (AvgIpc) is 2.18. The third kappa shape index (κ3) is 1.63. The van der Waals surface area contributed by atoms with Gasteiger partial charge in [0.15, 0.2) is 0 Å². The van der Waals surface area contributed by atoms with Gasteiger partial charge in [-0.15, -0.1) is 0 Å². The predicted molar refractivity (Wildman–Crippen MR) is 35.0 cm³/mol. The van der Waals surface area contributed by atoms with Gasteiger partial charge in [0.05, 0.1) is 0 Å². The molecule has 0 amide bonds. The Morgan fingerprint density at radius 3 is 2.89 bits per heavy atom. The van der Waals surface area contributed by atoms with E-state index in [4.69, 9.17) is 5.73 Å². The zero-order chi connectivity index (χ0) is 6.69. The fourth-order valence-electron chi connectivity index (χ4n) is 1.20. The van der Waals surface area contributed by atoms with Crippen molar-refractivity contribution in [3.63, 3.8) is 0 Å². The van der Waals surface area contributed by atoms with E-state index >= 15 is 0 Å². The molecule has 9 heavy (non-hydrogen) atoms. The number of nitrogens with two attached hydrogens (primary N) is 1. The molecule has 3 heteroatoms. The highest BCUT2D eigenvalue weighted by Crippen LogP contribution is 2.12. The molecule has 2 atom stereocenters. The number of hydrogen-bond acceptors (Lipinski definition) is 2. The molecule has 0 aliphatic carbocycles. The highest BCUT2D eigenvalue weighted by Gasteiger charge is 2.24. The highest BCUT2D eigenvalue weighted by molar-refractivity contribution is 4.83. The van der Waals surface area contributed by atoms with Crippen LogP contribution in [0.3, 0.4) is 0 Å². The fourth-order valence-corrected chi connectivity index (χ4v) is 1.20. The number of halogens is 1. The maximum Gasteiger partial charge on any atom is 0.117 e. The van der Waals surface area contributed by atoms with Crippen molar-refractivity contribution in [1.29, 1.82) is 0 Å². The third-order valence-corrected chi connectivity index (χ3v) is 1.74. The second-order valence-corrected chi connectivity index (χ2v) is 2.44. The smallest absolute Gasteiger partial charge is 0.117 e. The van der Waals surface area contributed by atoms with Gasteiger partial charge in [-0.1, -0.05) is 0 Å². The van der Waals surface area contributed by atoms with Crippen molar-refractivity contribution >= 4 is 0 Å². The monoisotopic (exact) mass is 132 g/mol. The SMILES string of the molecule is NCCC1NCCC1F. The zero-order valence-corrected chi connectivity index (χ0v) is 5.44. The first-order chi connectivity index (χ1) is 4.34. The molecule has 1 rings (SSSR count). The van der Waals surface area contributed by atoms with Crippen LogP contribution in [0.25, 0.3) is 0 Å². The lowest BCUT2D eigenvalue weighted by Crippen LogP contribution is -2.30. The first kappa shape index (κ1) is 6.96. The summed E-state index contributed by atoms with van der Waals surface area (Å²) in [5, 5.41) is 3.05. The van der Waals surface area contributed by atoms with Gasteiger partial charge in [-0.3, -0.25) is 0 Å². The van der Waals surface area contributed by atoms with Crippen LogP contribution >= 0.6 is 0 Å². The van der Waals surface area contributed by atoms with Crippen molar-refractivity contribution in [2.45, 2.75) is 25.1 Å². The fraction of sp³-hybridized carbons (Fsp3) is 1.00. The van der Waals surface area contributed by atoms with E-state index in [1.165, 1.54) is 0 Å². The molecule has 2 nitrogen and oxygen atoms in total. The molecule has 0 aromatic carbocycles. The Morgan fingerprint density at radius 1 is 1.67 bits per heavy atom. The first-order valence-electron chi connectivity index (χ1n) is 3.42. The molecule has 1 aliphatic heterocycles. The Balaban J connectivity index is 2.22. The summed E-state index contributed by atoms with van der Waals surface area (Å²) in [5.74, 6) is 0. The molecular formula is C6H13FN2. The van der Waals surface area contributed by atoms with E-state index < -0.39 is 6.17 Å². The van der Waals surface area contributed by atoms with Crippen molar-refractivity contribution in [3.8, 4) is 0 Å². The van der Waals surface area contributed by atoms with Crippen molar-refractivity contribution in [2.75, 3.05) is 13.1 Å². The normalized spacial score (nSPS) is 35.3. The topological polar surface area (TPSA) is 38.0 Å². The number of alkyl halides is 1. The second kappa shape index (κ2) is 3.13. The molecule has 1 saturated heterocycles. The van der Waals surface area contributed by atoms with Crippen molar-refractivity contribution < 1.29 is 4.39 Å². The molecule has 3 N–H and O–H groups in total. The number of nitrogens with one attached hydrogen (secondary N) is 1. The second-order valence-electron chi connectivity index (χ2n) is 2.44. The summed E-state index contributed by atoms with van der Waals surface area (Å²) >= 11 is 0. The van der Waals surface area contributed by atoms with Gasteiger partial charge < -0.3 is 11.1 Å². The molecule has 1 heterocycles. The van der Waals surface area contributed by atoms with Gasteiger partial charge in [0.2, 0.25) is 0 Å². The quantitative estimate of drug-likeness (QED) is 0.556. The minimum atomic E-state index is -0.659.